The van der Waals surface area contributed by atoms with Gasteiger partial charge in [0.1, 0.15) is 0 Å². The smallest absolute Gasteiger partial charge is 0.0726 e. The molecule has 0 atom stereocenters. The number of aromatic nitrogens is 8. The number of hydrogen-bond donors (Lipinski definition) is 0. The molecule has 0 amide bonds. The minimum Gasteiger partial charge on any atom is -0.290 e. The summed E-state index contributed by atoms with van der Waals surface area (Å²) in [6, 6.07) is 0. The quantitative estimate of drug-likeness (QED) is 0.349. The first-order chi connectivity index (χ1) is 15.8. The first-order valence-electron chi connectivity index (χ1n) is 10.3. The molecular formula is C22H24N10. The maximum absolute atomic E-state index is 4.43. The Bertz CT molecular complexity index is 865. The van der Waals surface area contributed by atoms with E-state index in [1.807, 2.05) is 0 Å². The van der Waals surface area contributed by atoms with Gasteiger partial charge in [0.25, 0.3) is 0 Å². The van der Waals surface area contributed by atoms with Crippen molar-refractivity contribution in [3.63, 3.8) is 0 Å². The molecule has 0 saturated heterocycles. The lowest BCUT2D eigenvalue weighted by atomic mass is 10.3. The Kier molecular flexibility index (Phi) is 7.77. The second-order valence-corrected chi connectivity index (χ2v) is 7.21. The number of hydrogen-bond acceptors (Lipinski definition) is 10. The lowest BCUT2D eigenvalue weighted by Crippen LogP contribution is -2.35. The van der Waals surface area contributed by atoms with Crippen LogP contribution in [0.1, 0.15) is 22.8 Å². The highest BCUT2D eigenvalue weighted by atomic mass is 15.2. The van der Waals surface area contributed by atoms with Gasteiger partial charge in [-0.15, -0.1) is 0 Å². The molecule has 0 aliphatic rings. The molecule has 10 heteroatoms. The van der Waals surface area contributed by atoms with Gasteiger partial charge in [0.05, 0.1) is 22.8 Å². The zero-order valence-electron chi connectivity index (χ0n) is 17.6. The van der Waals surface area contributed by atoms with Crippen LogP contribution in [0.4, 0.5) is 0 Å². The molecule has 0 spiro atoms. The largest absolute Gasteiger partial charge is 0.290 e. The van der Waals surface area contributed by atoms with E-state index in [1.165, 1.54) is 0 Å². The van der Waals surface area contributed by atoms with Gasteiger partial charge < -0.3 is 0 Å². The van der Waals surface area contributed by atoms with Crippen molar-refractivity contribution in [2.75, 3.05) is 13.1 Å². The molecule has 4 aromatic rings. The average Bonchev–Trinajstić information content (AvgIpc) is 2.85. The second kappa shape index (κ2) is 11.6. The molecule has 4 aromatic heterocycles. The Balaban J connectivity index is 1.47. The predicted molar refractivity (Wildman–Crippen MR) is 116 cm³/mol. The average molecular weight is 429 g/mol. The summed E-state index contributed by atoms with van der Waals surface area (Å²) in [6.07, 6.45) is 20.7. The van der Waals surface area contributed by atoms with E-state index < -0.39 is 0 Å². The van der Waals surface area contributed by atoms with Gasteiger partial charge in [0.15, 0.2) is 0 Å². The minimum absolute atomic E-state index is 0.661. The van der Waals surface area contributed by atoms with Crippen LogP contribution < -0.4 is 0 Å². The van der Waals surface area contributed by atoms with Gasteiger partial charge in [-0.1, -0.05) is 0 Å². The van der Waals surface area contributed by atoms with Gasteiger partial charge in [-0.25, -0.2) is 0 Å². The number of rotatable bonds is 11. The second-order valence-electron chi connectivity index (χ2n) is 7.21. The van der Waals surface area contributed by atoms with Crippen LogP contribution in [0.5, 0.6) is 0 Å². The van der Waals surface area contributed by atoms with E-state index in [0.29, 0.717) is 26.2 Å². The van der Waals surface area contributed by atoms with E-state index in [0.717, 1.165) is 35.9 Å². The molecule has 4 heterocycles. The molecule has 0 bridgehead atoms. The van der Waals surface area contributed by atoms with Crippen molar-refractivity contribution in [2.24, 2.45) is 0 Å². The molecule has 0 radical (unpaired) electrons. The fourth-order valence-electron chi connectivity index (χ4n) is 3.27. The summed E-state index contributed by atoms with van der Waals surface area (Å²) in [6.45, 7) is 4.22. The molecule has 4 rings (SSSR count). The maximum atomic E-state index is 4.43. The summed E-state index contributed by atoms with van der Waals surface area (Å²) >= 11 is 0. The summed E-state index contributed by atoms with van der Waals surface area (Å²) in [5.74, 6) is 0. The third-order valence-electron chi connectivity index (χ3n) is 4.74. The molecule has 0 saturated carbocycles. The van der Waals surface area contributed by atoms with Crippen LogP contribution in [-0.4, -0.2) is 62.8 Å². The minimum atomic E-state index is 0.661. The Hall–Kier alpha value is -3.76. The highest BCUT2D eigenvalue weighted by molar-refractivity contribution is 5.00. The van der Waals surface area contributed by atoms with E-state index in [9.17, 15) is 0 Å². The van der Waals surface area contributed by atoms with Crippen molar-refractivity contribution in [3.05, 3.63) is 97.1 Å². The topological polar surface area (TPSA) is 110 Å². The lowest BCUT2D eigenvalue weighted by Gasteiger charge is -2.27. The van der Waals surface area contributed by atoms with Gasteiger partial charge >= 0.3 is 0 Å². The summed E-state index contributed by atoms with van der Waals surface area (Å²) < 4.78 is 0. The van der Waals surface area contributed by atoms with Crippen molar-refractivity contribution < 1.29 is 0 Å². The first-order valence-corrected chi connectivity index (χ1v) is 10.3. The van der Waals surface area contributed by atoms with Gasteiger partial charge in [0.2, 0.25) is 0 Å². The third kappa shape index (κ3) is 6.89. The molecule has 0 fully saturated rings. The van der Waals surface area contributed by atoms with E-state index >= 15 is 0 Å². The molecule has 0 unspecified atom stereocenters. The van der Waals surface area contributed by atoms with Crippen molar-refractivity contribution in [1.82, 2.24) is 49.7 Å². The normalized spacial score (nSPS) is 11.2. The van der Waals surface area contributed by atoms with Gasteiger partial charge in [-0.3, -0.25) is 49.7 Å². The first kappa shape index (κ1) is 21.5. The molecule has 0 aliphatic carbocycles. The Morgan fingerprint density at radius 2 is 0.688 bits per heavy atom. The lowest BCUT2D eigenvalue weighted by molar-refractivity contribution is 0.177. The standard InChI is InChI=1S/C22H24N10/c1-5-27-19(11-23-1)15-31(16-20-12-24-2-6-28-20)9-10-32(17-21-13-25-3-7-29-21)18-22-14-26-4-8-30-22/h1-8,11-14H,9-10,15-18H2. The highest BCUT2D eigenvalue weighted by Gasteiger charge is 2.14. The Morgan fingerprint density at radius 1 is 0.406 bits per heavy atom. The van der Waals surface area contributed by atoms with E-state index in [-0.39, 0.29) is 0 Å². The molecule has 162 valence electrons. The van der Waals surface area contributed by atoms with Gasteiger partial charge in [0, 0.05) is 114 Å². The summed E-state index contributed by atoms with van der Waals surface area (Å²) in [5.41, 5.74) is 3.63. The van der Waals surface area contributed by atoms with Crippen LogP contribution in [0.3, 0.4) is 0 Å². The highest BCUT2D eigenvalue weighted by Crippen LogP contribution is 2.09. The van der Waals surface area contributed by atoms with Crippen LogP contribution in [0.15, 0.2) is 74.4 Å². The monoisotopic (exact) mass is 428 g/mol. The summed E-state index contributed by atoms with van der Waals surface area (Å²) in [7, 11) is 0. The van der Waals surface area contributed by atoms with Crippen molar-refractivity contribution in [1.29, 1.82) is 0 Å². The fraction of sp³-hybridized carbons (Fsp3) is 0.273. The molecule has 0 aliphatic heterocycles. The van der Waals surface area contributed by atoms with E-state index in [4.69, 9.17) is 0 Å². The van der Waals surface area contributed by atoms with Crippen LogP contribution >= 0.6 is 0 Å². The zero-order valence-corrected chi connectivity index (χ0v) is 17.6. The predicted octanol–water partition coefficient (Wildman–Crippen LogP) is 1.55. The summed E-state index contributed by atoms with van der Waals surface area (Å²) in [4.78, 5) is 39.1. The molecule has 32 heavy (non-hydrogen) atoms. The van der Waals surface area contributed by atoms with Crippen molar-refractivity contribution in [3.8, 4) is 0 Å². The third-order valence-corrected chi connectivity index (χ3v) is 4.74. The van der Waals surface area contributed by atoms with Crippen molar-refractivity contribution in [2.45, 2.75) is 26.2 Å². The summed E-state index contributed by atoms with van der Waals surface area (Å²) in [5, 5.41) is 0. The van der Waals surface area contributed by atoms with Crippen LogP contribution in [-0.2, 0) is 26.2 Å². The Morgan fingerprint density at radius 3 is 0.906 bits per heavy atom. The van der Waals surface area contributed by atoms with Crippen LogP contribution in [0.25, 0.3) is 0 Å². The molecule has 0 N–H and O–H groups in total. The van der Waals surface area contributed by atoms with E-state index in [2.05, 4.69) is 49.7 Å². The SMILES string of the molecule is c1cnc(CN(CCN(Cc2cnccn2)Cc2cnccn2)Cc2cnccn2)cn1. The van der Waals surface area contributed by atoms with Gasteiger partial charge in [-0.2, -0.15) is 0 Å². The fourth-order valence-corrected chi connectivity index (χ4v) is 3.27. The zero-order chi connectivity index (χ0) is 21.8. The van der Waals surface area contributed by atoms with Crippen molar-refractivity contribution >= 4 is 0 Å². The van der Waals surface area contributed by atoms with Gasteiger partial charge in [-0.05, 0) is 0 Å². The Labute approximate surface area is 186 Å². The molecule has 0 aromatic carbocycles. The number of nitrogens with zero attached hydrogens (tertiary/aromatic N) is 10. The molecule has 10 nitrogen and oxygen atoms in total. The maximum Gasteiger partial charge on any atom is 0.0726 e. The van der Waals surface area contributed by atoms with E-state index in [1.54, 1.807) is 74.4 Å². The van der Waals surface area contributed by atoms with Crippen LogP contribution in [0, 0.1) is 0 Å². The molecular weight excluding hydrogens is 404 g/mol. The van der Waals surface area contributed by atoms with Crippen LogP contribution in [0.2, 0.25) is 0 Å².